The Morgan fingerprint density at radius 1 is 1.34 bits per heavy atom. The number of nitrogens with zero attached hydrogens (tertiary/aromatic N) is 3. The van der Waals surface area contributed by atoms with Gasteiger partial charge in [0.15, 0.2) is 9.84 Å². The fraction of sp³-hybridized carbons (Fsp3) is 0.450. The normalized spacial score (nSPS) is 18.4. The Balaban J connectivity index is 1.63. The largest absolute Gasteiger partial charge is 0.448 e. The van der Waals surface area contributed by atoms with Gasteiger partial charge in [-0.3, -0.25) is 14.2 Å². The summed E-state index contributed by atoms with van der Waals surface area (Å²) in [6.45, 7) is 2.29. The van der Waals surface area contributed by atoms with Gasteiger partial charge in [-0.1, -0.05) is 25.5 Å². The molecular formula is C20H23N3O5S. The maximum absolute atomic E-state index is 13.0. The number of sulfone groups is 1. The monoisotopic (exact) mass is 417 g/mol. The highest BCUT2D eigenvalue weighted by atomic mass is 32.2. The molecule has 0 aliphatic carbocycles. The minimum Gasteiger partial charge on any atom is -0.448 e. The van der Waals surface area contributed by atoms with Crippen molar-refractivity contribution in [3.05, 3.63) is 40.9 Å². The molecule has 1 aliphatic heterocycles. The van der Waals surface area contributed by atoms with Crippen LogP contribution in [0, 0.1) is 0 Å². The van der Waals surface area contributed by atoms with Crippen molar-refractivity contribution in [1.29, 1.82) is 0 Å². The van der Waals surface area contributed by atoms with Crippen LogP contribution >= 0.6 is 0 Å². The summed E-state index contributed by atoms with van der Waals surface area (Å²) in [5.74, 6) is -0.196. The highest BCUT2D eigenvalue weighted by molar-refractivity contribution is 7.91. The lowest BCUT2D eigenvalue weighted by Gasteiger charge is -2.28. The van der Waals surface area contributed by atoms with Gasteiger partial charge >= 0.3 is 0 Å². The molecule has 1 aromatic carbocycles. The van der Waals surface area contributed by atoms with E-state index >= 15 is 0 Å². The molecule has 9 heteroatoms. The molecule has 0 bridgehead atoms. The van der Waals surface area contributed by atoms with E-state index in [1.807, 2.05) is 25.1 Å². The van der Waals surface area contributed by atoms with E-state index in [2.05, 4.69) is 4.98 Å². The Morgan fingerprint density at radius 3 is 2.86 bits per heavy atom. The predicted molar refractivity (Wildman–Crippen MR) is 109 cm³/mol. The molecule has 0 N–H and O–H groups in total. The van der Waals surface area contributed by atoms with E-state index in [0.717, 1.165) is 18.2 Å². The highest BCUT2D eigenvalue weighted by Gasteiger charge is 2.34. The lowest BCUT2D eigenvalue weighted by molar-refractivity contribution is -0.133. The topological polar surface area (TPSA) is 102 Å². The first kappa shape index (κ1) is 19.6. The zero-order valence-electron chi connectivity index (χ0n) is 16.2. The molecule has 1 unspecified atom stereocenters. The summed E-state index contributed by atoms with van der Waals surface area (Å²) in [5.41, 5.74) is 0.732. The van der Waals surface area contributed by atoms with E-state index in [1.165, 1.54) is 10.9 Å². The number of benzene rings is 1. The maximum atomic E-state index is 13.0. The van der Waals surface area contributed by atoms with Crippen LogP contribution in [0.3, 0.4) is 0 Å². The van der Waals surface area contributed by atoms with Crippen molar-refractivity contribution in [2.24, 2.45) is 0 Å². The van der Waals surface area contributed by atoms with Crippen LogP contribution in [-0.4, -0.2) is 52.9 Å². The van der Waals surface area contributed by atoms with E-state index in [-0.39, 0.29) is 35.6 Å². The van der Waals surface area contributed by atoms with Crippen molar-refractivity contribution in [3.63, 3.8) is 0 Å². The smallest absolute Gasteiger partial charge is 0.297 e. The second-order valence-corrected chi connectivity index (χ2v) is 9.68. The first-order valence-corrected chi connectivity index (χ1v) is 11.6. The van der Waals surface area contributed by atoms with Crippen molar-refractivity contribution in [2.75, 3.05) is 18.1 Å². The van der Waals surface area contributed by atoms with Gasteiger partial charge in [0.25, 0.3) is 5.56 Å². The van der Waals surface area contributed by atoms with Crippen LogP contribution in [0.1, 0.15) is 26.2 Å². The number of furan rings is 1. The Kier molecular flexibility index (Phi) is 5.16. The summed E-state index contributed by atoms with van der Waals surface area (Å²) in [7, 11) is -3.11. The van der Waals surface area contributed by atoms with E-state index in [0.29, 0.717) is 24.1 Å². The molecule has 29 heavy (non-hydrogen) atoms. The molecule has 1 fully saturated rings. The molecule has 1 saturated heterocycles. The molecule has 154 valence electrons. The molecule has 0 radical (unpaired) electrons. The molecule has 2 aromatic heterocycles. The number of para-hydroxylation sites is 1. The second kappa shape index (κ2) is 7.62. The molecule has 0 saturated carbocycles. The minimum atomic E-state index is -3.11. The Bertz CT molecular complexity index is 1230. The van der Waals surface area contributed by atoms with E-state index in [9.17, 15) is 18.0 Å². The van der Waals surface area contributed by atoms with Gasteiger partial charge in [0.2, 0.25) is 11.5 Å². The number of unbranched alkanes of at least 4 members (excludes halogenated alkanes) is 1. The van der Waals surface area contributed by atoms with E-state index < -0.39 is 15.4 Å². The molecule has 4 rings (SSSR count). The quantitative estimate of drug-likeness (QED) is 0.607. The molecule has 3 heterocycles. The van der Waals surface area contributed by atoms with Crippen LogP contribution in [0.2, 0.25) is 0 Å². The molecule has 3 aromatic rings. The van der Waals surface area contributed by atoms with Gasteiger partial charge in [-0.2, -0.15) is 0 Å². The number of fused-ring (bicyclic) bond motifs is 3. The number of hydrogen-bond donors (Lipinski definition) is 0. The molecule has 1 amide bonds. The first-order chi connectivity index (χ1) is 13.9. The zero-order valence-corrected chi connectivity index (χ0v) is 17.0. The number of carbonyl (C=O) groups excluding carboxylic acids is 1. The van der Waals surface area contributed by atoms with Gasteiger partial charge in [0.05, 0.1) is 17.8 Å². The third kappa shape index (κ3) is 3.78. The third-order valence-electron chi connectivity index (χ3n) is 5.38. The predicted octanol–water partition coefficient (Wildman–Crippen LogP) is 1.96. The van der Waals surface area contributed by atoms with Crippen molar-refractivity contribution in [1.82, 2.24) is 14.5 Å². The van der Waals surface area contributed by atoms with Crippen molar-refractivity contribution in [3.8, 4) is 0 Å². The van der Waals surface area contributed by atoms with E-state index in [4.69, 9.17) is 4.42 Å². The van der Waals surface area contributed by atoms with Crippen LogP contribution in [-0.2, 0) is 21.2 Å². The van der Waals surface area contributed by atoms with Gasteiger partial charge in [-0.15, -0.1) is 0 Å². The van der Waals surface area contributed by atoms with Gasteiger partial charge in [-0.25, -0.2) is 13.4 Å². The van der Waals surface area contributed by atoms with E-state index in [1.54, 1.807) is 11.0 Å². The zero-order chi connectivity index (χ0) is 20.6. The number of rotatable bonds is 6. The first-order valence-electron chi connectivity index (χ1n) is 9.76. The molecular weight excluding hydrogens is 394 g/mol. The average molecular weight is 417 g/mol. The van der Waals surface area contributed by atoms with Crippen LogP contribution in [0.5, 0.6) is 0 Å². The summed E-state index contributed by atoms with van der Waals surface area (Å²) in [6.07, 6.45) is 3.45. The number of hydrogen-bond acceptors (Lipinski definition) is 6. The van der Waals surface area contributed by atoms with Crippen LogP contribution in [0.15, 0.2) is 39.8 Å². The van der Waals surface area contributed by atoms with Crippen molar-refractivity contribution in [2.45, 2.75) is 38.8 Å². The van der Waals surface area contributed by atoms with Gasteiger partial charge in [0, 0.05) is 18.0 Å². The van der Waals surface area contributed by atoms with Gasteiger partial charge in [-0.05, 0) is 25.0 Å². The highest BCUT2D eigenvalue weighted by Crippen LogP contribution is 2.24. The number of carbonyl (C=O) groups is 1. The summed E-state index contributed by atoms with van der Waals surface area (Å²) in [4.78, 5) is 31.8. The fourth-order valence-electron chi connectivity index (χ4n) is 3.83. The molecule has 1 atom stereocenters. The molecule has 8 nitrogen and oxygen atoms in total. The third-order valence-corrected chi connectivity index (χ3v) is 7.13. The van der Waals surface area contributed by atoms with Crippen molar-refractivity contribution >= 4 is 37.8 Å². The van der Waals surface area contributed by atoms with Crippen molar-refractivity contribution < 1.29 is 17.6 Å². The molecule has 1 aliphatic rings. The van der Waals surface area contributed by atoms with Crippen LogP contribution in [0.25, 0.3) is 22.1 Å². The number of amides is 1. The SMILES string of the molecule is CCCCN(C(=O)Cn1cnc2c(oc3ccccc32)c1=O)C1CCS(=O)(=O)C1. The lowest BCUT2D eigenvalue weighted by atomic mass is 10.2. The van der Waals surface area contributed by atoms with Gasteiger partial charge < -0.3 is 9.32 Å². The Morgan fingerprint density at radius 2 is 2.14 bits per heavy atom. The Labute approximate surface area is 168 Å². The summed E-state index contributed by atoms with van der Waals surface area (Å²) >= 11 is 0. The maximum Gasteiger partial charge on any atom is 0.297 e. The fourth-order valence-corrected chi connectivity index (χ4v) is 5.56. The van der Waals surface area contributed by atoms with Crippen LogP contribution < -0.4 is 5.56 Å². The summed E-state index contributed by atoms with van der Waals surface area (Å²) in [5, 5.41) is 0.749. The summed E-state index contributed by atoms with van der Waals surface area (Å²) < 4.78 is 30.6. The standard InChI is InChI=1S/C20H23N3O5S/c1-2-3-9-23(14-8-10-29(26,27)12-14)17(24)11-22-13-21-18-15-6-4-5-7-16(15)28-19(18)20(22)25/h4-7,13-14H,2-3,8-12H2,1H3. The average Bonchev–Trinajstić information content (AvgIpc) is 3.25. The molecule has 0 spiro atoms. The lowest BCUT2D eigenvalue weighted by Crippen LogP contribution is -2.44. The van der Waals surface area contributed by atoms with Crippen LogP contribution in [0.4, 0.5) is 0 Å². The minimum absolute atomic E-state index is 0.0157. The summed E-state index contributed by atoms with van der Waals surface area (Å²) in [6, 6.07) is 6.91. The second-order valence-electron chi connectivity index (χ2n) is 7.45. The Hall–Kier alpha value is -2.68. The number of aromatic nitrogens is 2. The van der Waals surface area contributed by atoms with Gasteiger partial charge in [0.1, 0.15) is 17.6 Å².